The molecule has 3 N–H and O–H groups in total. The van der Waals surface area contributed by atoms with Crippen molar-refractivity contribution in [2.24, 2.45) is 10.9 Å². The summed E-state index contributed by atoms with van der Waals surface area (Å²) in [6.07, 6.45) is -4.24. The molecule has 118 valence electrons. The van der Waals surface area contributed by atoms with Gasteiger partial charge in [0, 0.05) is 6.54 Å². The van der Waals surface area contributed by atoms with E-state index in [1.54, 1.807) is 25.1 Å². The number of rotatable bonds is 6. The standard InChI is InChI=1S/C13H18F3N3O2/c1-3-19(8-13(14,15)16)7-9-4-5-10(12(17)18-20)11(6-9)21-2/h4-6,20H,3,7-8H2,1-2H3,(H2,17,18). The Hall–Kier alpha value is -1.96. The molecule has 1 aromatic carbocycles. The van der Waals surface area contributed by atoms with Gasteiger partial charge in [0.1, 0.15) is 5.75 Å². The lowest BCUT2D eigenvalue weighted by Gasteiger charge is -2.22. The minimum atomic E-state index is -4.24. The lowest BCUT2D eigenvalue weighted by molar-refractivity contribution is -0.146. The van der Waals surface area contributed by atoms with Crippen molar-refractivity contribution in [2.45, 2.75) is 19.6 Å². The van der Waals surface area contributed by atoms with Gasteiger partial charge >= 0.3 is 6.18 Å². The van der Waals surface area contributed by atoms with Crippen LogP contribution in [0.5, 0.6) is 5.75 Å². The van der Waals surface area contributed by atoms with Crippen LogP contribution >= 0.6 is 0 Å². The lowest BCUT2D eigenvalue weighted by Crippen LogP contribution is -2.33. The third kappa shape index (κ3) is 5.14. The van der Waals surface area contributed by atoms with Crippen LogP contribution in [0.1, 0.15) is 18.1 Å². The summed E-state index contributed by atoms with van der Waals surface area (Å²) in [4.78, 5) is 1.26. The van der Waals surface area contributed by atoms with E-state index in [4.69, 9.17) is 15.7 Å². The molecule has 8 heteroatoms. The van der Waals surface area contributed by atoms with Crippen molar-refractivity contribution < 1.29 is 23.1 Å². The zero-order valence-corrected chi connectivity index (χ0v) is 11.8. The number of amidine groups is 1. The number of hydrogen-bond donors (Lipinski definition) is 2. The Morgan fingerprint density at radius 3 is 2.57 bits per heavy atom. The summed E-state index contributed by atoms with van der Waals surface area (Å²) in [6, 6.07) is 4.74. The van der Waals surface area contributed by atoms with Crippen molar-refractivity contribution in [3.8, 4) is 5.75 Å². The third-order valence-electron chi connectivity index (χ3n) is 2.91. The van der Waals surface area contributed by atoms with Gasteiger partial charge in [0.05, 0.1) is 19.2 Å². The van der Waals surface area contributed by atoms with Crippen LogP contribution in [-0.4, -0.2) is 42.3 Å². The van der Waals surface area contributed by atoms with Crippen LogP contribution in [0.3, 0.4) is 0 Å². The van der Waals surface area contributed by atoms with E-state index < -0.39 is 12.7 Å². The van der Waals surface area contributed by atoms with E-state index in [1.807, 2.05) is 0 Å². The molecular weight excluding hydrogens is 287 g/mol. The molecular formula is C13H18F3N3O2. The minimum Gasteiger partial charge on any atom is -0.496 e. The number of hydrogen-bond acceptors (Lipinski definition) is 4. The van der Waals surface area contributed by atoms with Gasteiger partial charge in [-0.1, -0.05) is 18.1 Å². The van der Waals surface area contributed by atoms with Gasteiger partial charge in [0.15, 0.2) is 5.84 Å². The fourth-order valence-corrected chi connectivity index (χ4v) is 1.89. The summed E-state index contributed by atoms with van der Waals surface area (Å²) in [7, 11) is 1.40. The first-order valence-corrected chi connectivity index (χ1v) is 6.24. The van der Waals surface area contributed by atoms with E-state index in [9.17, 15) is 13.2 Å². The second-order valence-corrected chi connectivity index (χ2v) is 4.44. The number of oxime groups is 1. The van der Waals surface area contributed by atoms with Crippen LogP contribution < -0.4 is 10.5 Å². The Balaban J connectivity index is 2.94. The molecule has 0 aromatic heterocycles. The molecule has 0 fully saturated rings. The van der Waals surface area contributed by atoms with Crippen LogP contribution in [0.15, 0.2) is 23.4 Å². The second-order valence-electron chi connectivity index (χ2n) is 4.44. The van der Waals surface area contributed by atoms with Gasteiger partial charge in [-0.05, 0) is 24.2 Å². The molecule has 1 aromatic rings. The van der Waals surface area contributed by atoms with Crippen molar-refractivity contribution in [3.63, 3.8) is 0 Å². The highest BCUT2D eigenvalue weighted by Gasteiger charge is 2.30. The molecule has 0 saturated heterocycles. The van der Waals surface area contributed by atoms with Crippen molar-refractivity contribution in [1.29, 1.82) is 0 Å². The number of benzene rings is 1. The van der Waals surface area contributed by atoms with Crippen LogP contribution in [0.4, 0.5) is 13.2 Å². The van der Waals surface area contributed by atoms with Crippen molar-refractivity contribution >= 4 is 5.84 Å². The van der Waals surface area contributed by atoms with Crippen LogP contribution in [0.25, 0.3) is 0 Å². The van der Waals surface area contributed by atoms with E-state index in [0.717, 1.165) is 0 Å². The second kappa shape index (κ2) is 7.16. The molecule has 21 heavy (non-hydrogen) atoms. The van der Waals surface area contributed by atoms with E-state index in [2.05, 4.69) is 5.16 Å². The van der Waals surface area contributed by atoms with Gasteiger partial charge in [-0.3, -0.25) is 4.90 Å². The minimum absolute atomic E-state index is 0.124. The fourth-order valence-electron chi connectivity index (χ4n) is 1.89. The number of ether oxygens (including phenoxy) is 1. The Morgan fingerprint density at radius 1 is 1.43 bits per heavy atom. The summed E-state index contributed by atoms with van der Waals surface area (Å²) in [5.41, 5.74) is 6.52. The highest BCUT2D eigenvalue weighted by molar-refractivity contribution is 5.99. The number of nitrogens with zero attached hydrogens (tertiary/aromatic N) is 2. The molecule has 5 nitrogen and oxygen atoms in total. The summed E-state index contributed by atoms with van der Waals surface area (Å²) in [5.74, 6) is 0.215. The maximum Gasteiger partial charge on any atom is 0.401 e. The van der Waals surface area contributed by atoms with Gasteiger partial charge in [0.2, 0.25) is 0 Å². The normalized spacial score (nSPS) is 12.8. The SMILES string of the molecule is CCN(Cc1ccc(/C(N)=N/O)c(OC)c1)CC(F)(F)F. The van der Waals surface area contributed by atoms with Crippen LogP contribution in [-0.2, 0) is 6.54 Å². The van der Waals surface area contributed by atoms with E-state index in [-0.39, 0.29) is 18.9 Å². The number of nitrogens with two attached hydrogens (primary N) is 1. The number of methoxy groups -OCH3 is 1. The Kier molecular flexibility index (Phi) is 5.83. The molecule has 0 spiro atoms. The third-order valence-corrected chi connectivity index (χ3v) is 2.91. The molecule has 0 radical (unpaired) electrons. The molecule has 0 heterocycles. The smallest absolute Gasteiger partial charge is 0.401 e. The molecule has 0 atom stereocenters. The topological polar surface area (TPSA) is 71.1 Å². The molecule has 0 amide bonds. The molecule has 0 aliphatic carbocycles. The van der Waals surface area contributed by atoms with Gasteiger partial charge in [-0.15, -0.1) is 0 Å². The van der Waals surface area contributed by atoms with Crippen LogP contribution in [0, 0.1) is 0 Å². The van der Waals surface area contributed by atoms with Crippen molar-refractivity contribution in [2.75, 3.05) is 20.2 Å². The summed E-state index contributed by atoms with van der Waals surface area (Å²) in [5, 5.41) is 11.5. The zero-order valence-electron chi connectivity index (χ0n) is 11.8. The summed E-state index contributed by atoms with van der Waals surface area (Å²) >= 11 is 0. The first-order valence-electron chi connectivity index (χ1n) is 6.24. The predicted octanol–water partition coefficient (Wildman–Crippen LogP) is 2.17. The maximum absolute atomic E-state index is 12.4. The monoisotopic (exact) mass is 305 g/mol. The van der Waals surface area contributed by atoms with Crippen LogP contribution in [0.2, 0.25) is 0 Å². The maximum atomic E-state index is 12.4. The number of alkyl halides is 3. The van der Waals surface area contributed by atoms with Crippen molar-refractivity contribution in [1.82, 2.24) is 4.90 Å². The lowest BCUT2D eigenvalue weighted by atomic mass is 10.1. The van der Waals surface area contributed by atoms with Gasteiger partial charge < -0.3 is 15.7 Å². The molecule has 0 saturated carbocycles. The number of halogens is 3. The summed E-state index contributed by atoms with van der Waals surface area (Å²) < 4.78 is 42.4. The Morgan fingerprint density at radius 2 is 2.10 bits per heavy atom. The highest BCUT2D eigenvalue weighted by Crippen LogP contribution is 2.22. The summed E-state index contributed by atoms with van der Waals surface area (Å²) in [6.45, 7) is 1.08. The predicted molar refractivity (Wildman–Crippen MR) is 72.5 cm³/mol. The van der Waals surface area contributed by atoms with Gasteiger partial charge in [-0.2, -0.15) is 13.2 Å². The van der Waals surface area contributed by atoms with E-state index in [0.29, 0.717) is 16.9 Å². The molecule has 0 unspecified atom stereocenters. The average Bonchev–Trinajstić information content (AvgIpc) is 2.44. The first kappa shape index (κ1) is 17.1. The largest absolute Gasteiger partial charge is 0.496 e. The fraction of sp³-hybridized carbons (Fsp3) is 0.462. The van der Waals surface area contributed by atoms with Gasteiger partial charge in [0.25, 0.3) is 0 Å². The average molecular weight is 305 g/mol. The van der Waals surface area contributed by atoms with Gasteiger partial charge in [-0.25, -0.2) is 0 Å². The quantitative estimate of drug-likeness (QED) is 0.366. The van der Waals surface area contributed by atoms with Crippen molar-refractivity contribution in [3.05, 3.63) is 29.3 Å². The Labute approximate surface area is 120 Å². The van der Waals surface area contributed by atoms with E-state index in [1.165, 1.54) is 12.0 Å². The Bertz CT molecular complexity index is 504. The zero-order chi connectivity index (χ0) is 16.0. The molecule has 0 aliphatic rings. The molecule has 1 rings (SSSR count). The molecule has 0 bridgehead atoms. The highest BCUT2D eigenvalue weighted by atomic mass is 19.4. The van der Waals surface area contributed by atoms with E-state index >= 15 is 0 Å². The molecule has 0 aliphatic heterocycles. The first-order chi connectivity index (χ1) is 9.80.